The molecule has 1 aromatic carbocycles. The molecule has 1 aliphatic heterocycles. The standard InChI is InChI=1S/C16H23N3O3S/c1-3-11-5-4-6-13(7-11)17-16(20)19-10-12-8-14(15(19)9-12)18-23(2,21)22/h4-7,12,14-15,18H,3,8-10H2,1-2H3,(H,17,20). The van der Waals surface area contributed by atoms with Gasteiger partial charge in [0, 0.05) is 18.3 Å². The first-order valence-electron chi connectivity index (χ1n) is 7.99. The van der Waals surface area contributed by atoms with Gasteiger partial charge in [0.2, 0.25) is 10.0 Å². The van der Waals surface area contributed by atoms with E-state index in [1.54, 1.807) is 4.90 Å². The number of piperidine rings is 1. The maximum absolute atomic E-state index is 12.6. The maximum atomic E-state index is 12.6. The zero-order valence-corrected chi connectivity index (χ0v) is 14.3. The number of hydrogen-bond acceptors (Lipinski definition) is 3. The fourth-order valence-corrected chi connectivity index (χ4v) is 4.53. The topological polar surface area (TPSA) is 78.5 Å². The molecular formula is C16H23N3O3S. The zero-order chi connectivity index (χ0) is 16.6. The van der Waals surface area contributed by atoms with E-state index in [-0.39, 0.29) is 18.1 Å². The van der Waals surface area contributed by atoms with Crippen molar-refractivity contribution < 1.29 is 13.2 Å². The van der Waals surface area contributed by atoms with E-state index in [4.69, 9.17) is 0 Å². The van der Waals surface area contributed by atoms with E-state index in [1.165, 1.54) is 11.8 Å². The van der Waals surface area contributed by atoms with E-state index in [1.807, 2.05) is 24.3 Å². The van der Waals surface area contributed by atoms with Crippen LogP contribution in [0.5, 0.6) is 0 Å². The highest BCUT2D eigenvalue weighted by molar-refractivity contribution is 7.88. The van der Waals surface area contributed by atoms with Crippen molar-refractivity contribution in [3.8, 4) is 0 Å². The normalized spacial score (nSPS) is 26.5. The first kappa shape index (κ1) is 16.3. The van der Waals surface area contributed by atoms with E-state index >= 15 is 0 Å². The van der Waals surface area contributed by atoms with Crippen molar-refractivity contribution in [2.24, 2.45) is 5.92 Å². The minimum Gasteiger partial charge on any atom is -0.320 e. The number of urea groups is 1. The van der Waals surface area contributed by atoms with Crippen LogP contribution in [0.25, 0.3) is 0 Å². The monoisotopic (exact) mass is 337 g/mol. The molecule has 6 nitrogen and oxygen atoms in total. The van der Waals surface area contributed by atoms with Gasteiger partial charge in [-0.15, -0.1) is 0 Å². The second-order valence-electron chi connectivity index (χ2n) is 6.54. The number of hydrogen-bond donors (Lipinski definition) is 2. The number of aryl methyl sites for hydroxylation is 1. The number of fused-ring (bicyclic) bond motifs is 2. The van der Waals surface area contributed by atoms with Crippen molar-refractivity contribution in [2.45, 2.75) is 38.3 Å². The Morgan fingerprint density at radius 3 is 2.78 bits per heavy atom. The second-order valence-corrected chi connectivity index (χ2v) is 8.32. The number of rotatable bonds is 4. The van der Waals surface area contributed by atoms with Crippen LogP contribution in [0.1, 0.15) is 25.3 Å². The van der Waals surface area contributed by atoms with Crippen LogP contribution in [0.3, 0.4) is 0 Å². The molecule has 7 heteroatoms. The molecule has 3 unspecified atom stereocenters. The lowest BCUT2D eigenvalue weighted by Crippen LogP contribution is -2.52. The van der Waals surface area contributed by atoms with E-state index in [0.717, 1.165) is 24.9 Å². The fraction of sp³-hybridized carbons (Fsp3) is 0.562. The highest BCUT2D eigenvalue weighted by Gasteiger charge is 2.47. The van der Waals surface area contributed by atoms with Gasteiger partial charge < -0.3 is 10.2 Å². The first-order valence-corrected chi connectivity index (χ1v) is 9.88. The number of carbonyl (C=O) groups is 1. The van der Waals surface area contributed by atoms with Gasteiger partial charge in [-0.2, -0.15) is 0 Å². The summed E-state index contributed by atoms with van der Waals surface area (Å²) in [6.45, 7) is 2.77. The summed E-state index contributed by atoms with van der Waals surface area (Å²) >= 11 is 0. The third-order valence-corrected chi connectivity index (χ3v) is 5.43. The summed E-state index contributed by atoms with van der Waals surface area (Å²) in [6, 6.07) is 7.43. The van der Waals surface area contributed by atoms with Gasteiger partial charge in [0.15, 0.2) is 0 Å². The molecule has 23 heavy (non-hydrogen) atoms. The lowest BCUT2D eigenvalue weighted by molar-refractivity contribution is 0.183. The maximum Gasteiger partial charge on any atom is 0.322 e. The van der Waals surface area contributed by atoms with Gasteiger partial charge in [0.1, 0.15) is 0 Å². The Kier molecular flexibility index (Phi) is 4.33. The molecule has 1 saturated carbocycles. The van der Waals surface area contributed by atoms with E-state index in [2.05, 4.69) is 17.0 Å². The predicted octanol–water partition coefficient (Wildman–Crippen LogP) is 1.79. The molecule has 3 rings (SSSR count). The molecule has 0 aromatic heterocycles. The molecular weight excluding hydrogens is 314 g/mol. The van der Waals surface area contributed by atoms with Gasteiger partial charge >= 0.3 is 6.03 Å². The molecule has 2 bridgehead atoms. The highest BCUT2D eigenvalue weighted by atomic mass is 32.2. The van der Waals surface area contributed by atoms with Crippen molar-refractivity contribution >= 4 is 21.7 Å². The van der Waals surface area contributed by atoms with Crippen LogP contribution < -0.4 is 10.0 Å². The third-order valence-electron chi connectivity index (χ3n) is 4.69. The van der Waals surface area contributed by atoms with Crippen molar-refractivity contribution in [2.75, 3.05) is 18.1 Å². The molecule has 1 heterocycles. The van der Waals surface area contributed by atoms with E-state index in [0.29, 0.717) is 12.5 Å². The Morgan fingerprint density at radius 2 is 2.13 bits per heavy atom. The Balaban J connectivity index is 1.68. The minimum atomic E-state index is -3.26. The summed E-state index contributed by atoms with van der Waals surface area (Å²) in [5, 5.41) is 2.94. The molecule has 2 amide bonds. The summed E-state index contributed by atoms with van der Waals surface area (Å²) in [5.74, 6) is 0.381. The number of anilines is 1. The van der Waals surface area contributed by atoms with Crippen LogP contribution in [0.15, 0.2) is 24.3 Å². The van der Waals surface area contributed by atoms with Crippen LogP contribution in [0.4, 0.5) is 10.5 Å². The zero-order valence-electron chi connectivity index (χ0n) is 13.5. The van der Waals surface area contributed by atoms with Crippen LogP contribution in [0, 0.1) is 5.92 Å². The molecule has 1 saturated heterocycles. The second kappa shape index (κ2) is 6.13. The number of sulfonamides is 1. The number of amides is 2. The van der Waals surface area contributed by atoms with Gasteiger partial charge in [-0.25, -0.2) is 17.9 Å². The van der Waals surface area contributed by atoms with Crippen LogP contribution in [-0.4, -0.2) is 44.2 Å². The number of benzene rings is 1. The first-order chi connectivity index (χ1) is 10.9. The lowest BCUT2D eigenvalue weighted by Gasteiger charge is -2.33. The van der Waals surface area contributed by atoms with Crippen LogP contribution in [-0.2, 0) is 16.4 Å². The van der Waals surface area contributed by atoms with Crippen molar-refractivity contribution in [1.82, 2.24) is 9.62 Å². The van der Waals surface area contributed by atoms with Crippen LogP contribution >= 0.6 is 0 Å². The largest absolute Gasteiger partial charge is 0.322 e. The summed E-state index contributed by atoms with van der Waals surface area (Å²) < 4.78 is 25.6. The molecule has 0 radical (unpaired) electrons. The molecule has 2 N–H and O–H groups in total. The quantitative estimate of drug-likeness (QED) is 0.879. The smallest absolute Gasteiger partial charge is 0.320 e. The number of carbonyl (C=O) groups excluding carboxylic acids is 1. The molecule has 2 aliphatic rings. The molecule has 3 atom stereocenters. The molecule has 126 valence electrons. The predicted molar refractivity (Wildman–Crippen MR) is 89.8 cm³/mol. The van der Waals surface area contributed by atoms with Crippen molar-refractivity contribution in [3.63, 3.8) is 0 Å². The van der Waals surface area contributed by atoms with Crippen LogP contribution in [0.2, 0.25) is 0 Å². The third kappa shape index (κ3) is 3.67. The Hall–Kier alpha value is -1.60. The van der Waals surface area contributed by atoms with E-state index < -0.39 is 10.0 Å². The summed E-state index contributed by atoms with van der Waals surface area (Å²) in [5.41, 5.74) is 1.95. The van der Waals surface area contributed by atoms with Gasteiger partial charge in [-0.3, -0.25) is 0 Å². The SMILES string of the molecule is CCc1cccc(NC(=O)N2CC3CC(NS(C)(=O)=O)C2C3)c1. The summed E-state index contributed by atoms with van der Waals surface area (Å²) in [4.78, 5) is 14.3. The fourth-order valence-electron chi connectivity index (χ4n) is 3.72. The molecule has 1 aromatic rings. The average molecular weight is 337 g/mol. The lowest BCUT2D eigenvalue weighted by atomic mass is 10.1. The number of nitrogens with zero attached hydrogens (tertiary/aromatic N) is 1. The summed E-state index contributed by atoms with van der Waals surface area (Å²) in [7, 11) is -3.26. The van der Waals surface area contributed by atoms with Crippen molar-refractivity contribution in [3.05, 3.63) is 29.8 Å². The highest BCUT2D eigenvalue weighted by Crippen LogP contribution is 2.38. The number of nitrogens with one attached hydrogen (secondary N) is 2. The van der Waals surface area contributed by atoms with Gasteiger partial charge in [0.05, 0.1) is 12.3 Å². The van der Waals surface area contributed by atoms with Gasteiger partial charge in [-0.05, 0) is 42.9 Å². The van der Waals surface area contributed by atoms with Gasteiger partial charge in [0.25, 0.3) is 0 Å². The molecule has 0 spiro atoms. The Labute approximate surface area is 137 Å². The van der Waals surface area contributed by atoms with E-state index in [9.17, 15) is 13.2 Å². The number of likely N-dealkylation sites (tertiary alicyclic amines) is 1. The van der Waals surface area contributed by atoms with Crippen molar-refractivity contribution in [1.29, 1.82) is 0 Å². The Bertz CT molecular complexity index is 704. The van der Waals surface area contributed by atoms with Gasteiger partial charge in [-0.1, -0.05) is 19.1 Å². The summed E-state index contributed by atoms with van der Waals surface area (Å²) in [6.07, 6.45) is 3.76. The minimum absolute atomic E-state index is 0.0518. The molecule has 1 aliphatic carbocycles. The molecule has 2 fully saturated rings. The Morgan fingerprint density at radius 1 is 1.35 bits per heavy atom. The average Bonchev–Trinajstić information content (AvgIpc) is 3.05.